The van der Waals surface area contributed by atoms with Crippen molar-refractivity contribution in [2.75, 3.05) is 0 Å². The molecule has 2 nitrogen and oxygen atoms in total. The van der Waals surface area contributed by atoms with Crippen molar-refractivity contribution in [2.24, 2.45) is 0 Å². The fourth-order valence-corrected chi connectivity index (χ4v) is 8.28. The van der Waals surface area contributed by atoms with Crippen LogP contribution in [0, 0.1) is 0 Å². The molecule has 0 aliphatic carbocycles. The van der Waals surface area contributed by atoms with E-state index in [0.29, 0.717) is 0 Å². The summed E-state index contributed by atoms with van der Waals surface area (Å²) < 4.78 is 2.42. The molecule has 0 bridgehead atoms. The quantitative estimate of drug-likeness (QED) is 0.182. The molecule has 9 aromatic rings. The minimum Gasteiger partial charge on any atom is -0.236 e. The summed E-state index contributed by atoms with van der Waals surface area (Å²) in [6, 6.07) is 52.2. The van der Waals surface area contributed by atoms with Crippen LogP contribution in [-0.4, -0.2) is 9.97 Å². The Morgan fingerprint density at radius 2 is 0.717 bits per heavy atom. The molecule has 0 amide bonds. The summed E-state index contributed by atoms with van der Waals surface area (Å²) in [5.74, 6) is 0. The largest absolute Gasteiger partial charge is 0.236 e. The molecule has 0 atom stereocenters. The summed E-state index contributed by atoms with van der Waals surface area (Å²) in [4.78, 5) is 9.91. The number of thiazole rings is 2. The zero-order chi connectivity index (χ0) is 31.0. The lowest BCUT2D eigenvalue weighted by atomic mass is 9.85. The maximum absolute atomic E-state index is 4.96. The second kappa shape index (κ2) is 12.0. The Morgan fingerprint density at radius 1 is 0.370 bits per heavy atom. The van der Waals surface area contributed by atoms with Gasteiger partial charge >= 0.3 is 0 Å². The molecule has 0 radical (unpaired) electrons. The lowest BCUT2D eigenvalue weighted by Crippen LogP contribution is -1.91. The maximum Gasteiger partial charge on any atom is 0.124 e. The second-order valence-corrected chi connectivity index (χ2v) is 13.0. The summed E-state index contributed by atoms with van der Waals surface area (Å²) in [6.07, 6.45) is 0. The van der Waals surface area contributed by atoms with E-state index in [-0.39, 0.29) is 0 Å². The van der Waals surface area contributed by atoms with Crippen LogP contribution < -0.4 is 0 Å². The molecule has 0 saturated carbocycles. The molecule has 4 heteroatoms. The number of aromatic nitrogens is 2. The van der Waals surface area contributed by atoms with E-state index in [1.54, 1.807) is 22.7 Å². The standard InChI is InChI=1S/C40H24N2S2.C2H6/c1-2-16-30-29(15-1)37(25-11-9-13-27(23-25)39-41-33-19-5-7-21-35(33)43-39)31-17-3-4-18-32(31)38(30)26-12-10-14-28(24-26)40-42-34-20-6-8-22-36(34)44-40;1-2/h1-24H;1-2H3. The van der Waals surface area contributed by atoms with Gasteiger partial charge < -0.3 is 0 Å². The molecule has 220 valence electrons. The van der Waals surface area contributed by atoms with Gasteiger partial charge in [0, 0.05) is 11.1 Å². The molecule has 0 unspecified atom stereocenters. The Kier molecular flexibility index (Phi) is 7.37. The van der Waals surface area contributed by atoms with E-state index in [4.69, 9.17) is 9.97 Å². The van der Waals surface area contributed by atoms with Crippen molar-refractivity contribution in [3.8, 4) is 43.4 Å². The van der Waals surface area contributed by atoms with E-state index in [2.05, 4.69) is 146 Å². The minimum absolute atomic E-state index is 1.05. The zero-order valence-corrected chi connectivity index (χ0v) is 27.2. The van der Waals surface area contributed by atoms with Crippen LogP contribution in [0.4, 0.5) is 0 Å². The van der Waals surface area contributed by atoms with Gasteiger partial charge in [0.2, 0.25) is 0 Å². The lowest BCUT2D eigenvalue weighted by molar-refractivity contribution is 1.48. The van der Waals surface area contributed by atoms with Crippen molar-refractivity contribution in [1.82, 2.24) is 9.97 Å². The maximum atomic E-state index is 4.96. The summed E-state index contributed by atoms with van der Waals surface area (Å²) in [5.41, 5.74) is 9.29. The average molecular weight is 627 g/mol. The Hall–Kier alpha value is -5.16. The van der Waals surface area contributed by atoms with Gasteiger partial charge in [-0.25, -0.2) is 9.97 Å². The van der Waals surface area contributed by atoms with Crippen molar-refractivity contribution >= 4 is 64.7 Å². The summed E-state index contributed by atoms with van der Waals surface area (Å²) in [5, 5.41) is 7.07. The van der Waals surface area contributed by atoms with Crippen LogP contribution in [-0.2, 0) is 0 Å². The molecular formula is C42H30N2S2. The average Bonchev–Trinajstić information content (AvgIpc) is 3.77. The van der Waals surface area contributed by atoms with Gasteiger partial charge in [-0.1, -0.05) is 123 Å². The third-order valence-electron chi connectivity index (χ3n) is 8.32. The number of hydrogen-bond acceptors (Lipinski definition) is 4. The molecule has 0 N–H and O–H groups in total. The molecular weight excluding hydrogens is 597 g/mol. The second-order valence-electron chi connectivity index (χ2n) is 11.0. The molecule has 0 aliphatic rings. The number of fused-ring (bicyclic) bond motifs is 4. The van der Waals surface area contributed by atoms with Gasteiger partial charge in [-0.15, -0.1) is 22.7 Å². The van der Waals surface area contributed by atoms with Crippen LogP contribution in [0.25, 0.3) is 85.4 Å². The molecule has 0 spiro atoms. The number of benzene rings is 7. The van der Waals surface area contributed by atoms with Crippen molar-refractivity contribution in [1.29, 1.82) is 0 Å². The highest BCUT2D eigenvalue weighted by Crippen LogP contribution is 2.45. The Labute approximate surface area is 276 Å². The van der Waals surface area contributed by atoms with E-state index in [0.717, 1.165) is 32.2 Å². The van der Waals surface area contributed by atoms with Crippen LogP contribution in [0.2, 0.25) is 0 Å². The topological polar surface area (TPSA) is 25.8 Å². The summed E-state index contributed by atoms with van der Waals surface area (Å²) in [6.45, 7) is 4.00. The van der Waals surface area contributed by atoms with Gasteiger partial charge in [-0.05, 0) is 80.2 Å². The molecule has 0 fully saturated rings. The molecule has 0 saturated heterocycles. The van der Waals surface area contributed by atoms with Crippen molar-refractivity contribution in [2.45, 2.75) is 13.8 Å². The van der Waals surface area contributed by atoms with Crippen molar-refractivity contribution < 1.29 is 0 Å². The fraction of sp³-hybridized carbons (Fsp3) is 0.0476. The molecule has 7 aromatic carbocycles. The Balaban J connectivity index is 0.00000153. The highest BCUT2D eigenvalue weighted by Gasteiger charge is 2.18. The highest BCUT2D eigenvalue weighted by molar-refractivity contribution is 7.22. The third kappa shape index (κ3) is 4.87. The van der Waals surface area contributed by atoms with E-state index in [1.165, 1.54) is 53.2 Å². The summed E-state index contributed by atoms with van der Waals surface area (Å²) >= 11 is 3.49. The van der Waals surface area contributed by atoms with Gasteiger partial charge in [-0.3, -0.25) is 0 Å². The van der Waals surface area contributed by atoms with Gasteiger partial charge in [0.05, 0.1) is 20.4 Å². The van der Waals surface area contributed by atoms with E-state index < -0.39 is 0 Å². The smallest absolute Gasteiger partial charge is 0.124 e. The van der Waals surface area contributed by atoms with Gasteiger partial charge in [0.1, 0.15) is 10.0 Å². The molecule has 0 aliphatic heterocycles. The van der Waals surface area contributed by atoms with Gasteiger partial charge in [0.25, 0.3) is 0 Å². The Bertz CT molecular complexity index is 2220. The first-order valence-corrected chi connectivity index (χ1v) is 17.3. The van der Waals surface area contributed by atoms with E-state index >= 15 is 0 Å². The first kappa shape index (κ1) is 28.3. The zero-order valence-electron chi connectivity index (χ0n) is 25.6. The van der Waals surface area contributed by atoms with E-state index in [1.807, 2.05) is 13.8 Å². The molecule has 46 heavy (non-hydrogen) atoms. The van der Waals surface area contributed by atoms with Crippen molar-refractivity contribution in [3.05, 3.63) is 146 Å². The summed E-state index contributed by atoms with van der Waals surface area (Å²) in [7, 11) is 0. The van der Waals surface area contributed by atoms with E-state index in [9.17, 15) is 0 Å². The highest BCUT2D eigenvalue weighted by atomic mass is 32.1. The molecule has 2 aromatic heterocycles. The van der Waals surface area contributed by atoms with Crippen LogP contribution in [0.5, 0.6) is 0 Å². The predicted octanol–water partition coefficient (Wildman–Crippen LogP) is 12.9. The molecule has 2 heterocycles. The third-order valence-corrected chi connectivity index (χ3v) is 10.5. The first-order chi connectivity index (χ1) is 22.8. The van der Waals surface area contributed by atoms with Crippen molar-refractivity contribution in [3.63, 3.8) is 0 Å². The number of para-hydroxylation sites is 2. The number of hydrogen-bond donors (Lipinski definition) is 0. The van der Waals surface area contributed by atoms with Crippen LogP contribution in [0.3, 0.4) is 0 Å². The molecule has 9 rings (SSSR count). The van der Waals surface area contributed by atoms with Crippen LogP contribution in [0.1, 0.15) is 13.8 Å². The number of rotatable bonds is 4. The van der Waals surface area contributed by atoms with Crippen LogP contribution in [0.15, 0.2) is 146 Å². The predicted molar refractivity (Wildman–Crippen MR) is 201 cm³/mol. The monoisotopic (exact) mass is 626 g/mol. The normalized spacial score (nSPS) is 11.3. The Morgan fingerprint density at radius 3 is 1.11 bits per heavy atom. The first-order valence-electron chi connectivity index (χ1n) is 15.7. The van der Waals surface area contributed by atoms with Crippen LogP contribution >= 0.6 is 22.7 Å². The fourth-order valence-electron chi connectivity index (χ4n) is 6.36. The van der Waals surface area contributed by atoms with Gasteiger partial charge in [0.15, 0.2) is 0 Å². The number of nitrogens with zero attached hydrogens (tertiary/aromatic N) is 2. The SMILES string of the molecule is CC.c1cc(-c2nc3ccccc3s2)cc(-c2c3ccccc3c(-c3cccc(-c4nc5ccccc5s4)c3)c3ccccc23)c1. The lowest BCUT2D eigenvalue weighted by Gasteiger charge is -2.18. The minimum atomic E-state index is 1.05. The van der Waals surface area contributed by atoms with Gasteiger partial charge in [-0.2, -0.15) is 0 Å².